The van der Waals surface area contributed by atoms with Gasteiger partial charge in [0.05, 0.1) is 12.2 Å². The first kappa shape index (κ1) is 17.5. The molecule has 0 spiro atoms. The van der Waals surface area contributed by atoms with Crippen LogP contribution in [0.3, 0.4) is 0 Å². The third-order valence-electron chi connectivity index (χ3n) is 2.34. The van der Waals surface area contributed by atoms with Crippen LogP contribution in [-0.4, -0.2) is 34.2 Å². The van der Waals surface area contributed by atoms with Crippen molar-refractivity contribution in [2.75, 3.05) is 19.8 Å². The van der Waals surface area contributed by atoms with Gasteiger partial charge in [-0.1, -0.05) is 6.92 Å². The van der Waals surface area contributed by atoms with Gasteiger partial charge in [0, 0.05) is 6.61 Å². The van der Waals surface area contributed by atoms with E-state index < -0.39 is 38.1 Å². The molecule has 1 aromatic rings. The van der Waals surface area contributed by atoms with Crippen molar-refractivity contribution in [2.24, 2.45) is 5.14 Å². The van der Waals surface area contributed by atoms with Crippen molar-refractivity contribution in [2.45, 2.75) is 18.2 Å². The molecule has 1 rings (SSSR count). The Hall–Kier alpha value is -1.58. The van der Waals surface area contributed by atoms with Gasteiger partial charge in [0.15, 0.2) is 5.82 Å². The van der Waals surface area contributed by atoms with Crippen LogP contribution >= 0.6 is 0 Å². The number of nitrogens with two attached hydrogens (primary N) is 1. The number of benzene rings is 1. The maximum absolute atomic E-state index is 13.9. The van der Waals surface area contributed by atoms with Crippen molar-refractivity contribution in [3.8, 4) is 0 Å². The number of rotatable bonds is 7. The predicted molar refractivity (Wildman–Crippen MR) is 69.1 cm³/mol. The quantitative estimate of drug-likeness (QED) is 0.601. The van der Waals surface area contributed by atoms with E-state index in [2.05, 4.69) is 4.74 Å². The molecule has 9 heteroatoms. The van der Waals surface area contributed by atoms with Crippen LogP contribution in [0.1, 0.15) is 23.7 Å². The van der Waals surface area contributed by atoms with Crippen molar-refractivity contribution in [1.82, 2.24) is 0 Å². The molecule has 0 fully saturated rings. The molecule has 0 aliphatic heterocycles. The number of carbonyl (C=O) groups excluding carboxylic acids is 1. The molecule has 6 nitrogen and oxygen atoms in total. The SMILES string of the molecule is CCCOCCOC(=O)c1cc(F)cc(S(N)(=O)=O)c1F. The summed E-state index contributed by atoms with van der Waals surface area (Å²) in [6, 6.07) is 0.936. The average Bonchev–Trinajstić information content (AvgIpc) is 2.39. The Kier molecular flexibility index (Phi) is 6.19. The Morgan fingerprint density at radius 2 is 1.90 bits per heavy atom. The number of sulfonamides is 1. The van der Waals surface area contributed by atoms with E-state index in [4.69, 9.17) is 9.88 Å². The number of hydrogen-bond acceptors (Lipinski definition) is 5. The smallest absolute Gasteiger partial charge is 0.341 e. The minimum absolute atomic E-state index is 0.0958. The van der Waals surface area contributed by atoms with Gasteiger partial charge in [-0.2, -0.15) is 0 Å². The molecule has 0 bridgehead atoms. The van der Waals surface area contributed by atoms with E-state index in [0.29, 0.717) is 18.7 Å². The summed E-state index contributed by atoms with van der Waals surface area (Å²) in [5, 5.41) is 4.74. The summed E-state index contributed by atoms with van der Waals surface area (Å²) in [7, 11) is -4.49. The fraction of sp³-hybridized carbons (Fsp3) is 0.417. The largest absolute Gasteiger partial charge is 0.460 e. The van der Waals surface area contributed by atoms with Gasteiger partial charge in [0.1, 0.15) is 17.3 Å². The lowest BCUT2D eigenvalue weighted by Crippen LogP contribution is -2.18. The first-order valence-corrected chi connectivity index (χ1v) is 7.58. The number of ether oxygens (including phenoxy) is 2. The van der Waals surface area contributed by atoms with Gasteiger partial charge in [-0.3, -0.25) is 0 Å². The third kappa shape index (κ3) is 5.03. The molecule has 0 amide bonds. The lowest BCUT2D eigenvalue weighted by molar-refractivity contribution is 0.0313. The fourth-order valence-corrected chi connectivity index (χ4v) is 2.07. The summed E-state index contributed by atoms with van der Waals surface area (Å²) in [4.78, 5) is 10.5. The van der Waals surface area contributed by atoms with E-state index in [1.165, 1.54) is 0 Å². The normalized spacial score (nSPS) is 11.4. The van der Waals surface area contributed by atoms with Gasteiger partial charge < -0.3 is 9.47 Å². The molecule has 2 N–H and O–H groups in total. The van der Waals surface area contributed by atoms with Crippen molar-refractivity contribution in [3.05, 3.63) is 29.3 Å². The number of carbonyl (C=O) groups is 1. The summed E-state index contributed by atoms with van der Waals surface area (Å²) < 4.78 is 59.1. The molecule has 0 heterocycles. The van der Waals surface area contributed by atoms with Gasteiger partial charge >= 0.3 is 5.97 Å². The zero-order valence-electron chi connectivity index (χ0n) is 11.3. The first-order chi connectivity index (χ1) is 9.77. The van der Waals surface area contributed by atoms with E-state index in [-0.39, 0.29) is 13.2 Å². The van der Waals surface area contributed by atoms with Crippen LogP contribution in [0.2, 0.25) is 0 Å². The Labute approximate surface area is 120 Å². The highest BCUT2D eigenvalue weighted by Gasteiger charge is 2.24. The zero-order chi connectivity index (χ0) is 16.0. The molecular formula is C12H15F2NO5S. The second-order valence-electron chi connectivity index (χ2n) is 4.06. The fourth-order valence-electron chi connectivity index (χ4n) is 1.44. The highest BCUT2D eigenvalue weighted by molar-refractivity contribution is 7.89. The van der Waals surface area contributed by atoms with Gasteiger partial charge in [0.2, 0.25) is 10.0 Å². The van der Waals surface area contributed by atoms with Crippen molar-refractivity contribution in [3.63, 3.8) is 0 Å². The topological polar surface area (TPSA) is 95.7 Å². The van der Waals surface area contributed by atoms with Crippen LogP contribution in [0.15, 0.2) is 17.0 Å². The van der Waals surface area contributed by atoms with Crippen LogP contribution in [0.5, 0.6) is 0 Å². The molecule has 0 radical (unpaired) electrons. The lowest BCUT2D eigenvalue weighted by Gasteiger charge is -2.08. The van der Waals surface area contributed by atoms with Crippen LogP contribution in [0, 0.1) is 11.6 Å². The van der Waals surface area contributed by atoms with Crippen LogP contribution in [0.4, 0.5) is 8.78 Å². The van der Waals surface area contributed by atoms with E-state index >= 15 is 0 Å². The summed E-state index contributed by atoms with van der Waals surface area (Å²) in [6.45, 7) is 2.29. The molecule has 1 aromatic carbocycles. The second kappa shape index (κ2) is 7.43. The van der Waals surface area contributed by atoms with Gasteiger partial charge in [-0.05, 0) is 18.6 Å². The number of hydrogen-bond donors (Lipinski definition) is 1. The number of primary sulfonamides is 1. The molecule has 118 valence electrons. The van der Waals surface area contributed by atoms with Gasteiger partial charge in [0.25, 0.3) is 0 Å². The molecule has 0 saturated carbocycles. The van der Waals surface area contributed by atoms with E-state index in [1.54, 1.807) is 0 Å². The van der Waals surface area contributed by atoms with Crippen LogP contribution < -0.4 is 5.14 Å². The van der Waals surface area contributed by atoms with Gasteiger partial charge in [-0.25, -0.2) is 27.1 Å². The summed E-state index contributed by atoms with van der Waals surface area (Å²) in [5.74, 6) is -3.76. The van der Waals surface area contributed by atoms with Crippen LogP contribution in [0.25, 0.3) is 0 Å². The highest BCUT2D eigenvalue weighted by Crippen LogP contribution is 2.20. The minimum atomic E-state index is -4.49. The van der Waals surface area contributed by atoms with Crippen molar-refractivity contribution in [1.29, 1.82) is 0 Å². The Morgan fingerprint density at radius 1 is 1.24 bits per heavy atom. The summed E-state index contributed by atoms with van der Waals surface area (Å²) >= 11 is 0. The Bertz CT molecular complexity index is 618. The molecule has 0 atom stereocenters. The lowest BCUT2D eigenvalue weighted by atomic mass is 10.2. The maximum Gasteiger partial charge on any atom is 0.341 e. The number of halogens is 2. The summed E-state index contributed by atoms with van der Waals surface area (Å²) in [6.07, 6.45) is 0.782. The molecule has 0 unspecified atom stereocenters. The maximum atomic E-state index is 13.9. The molecule has 0 aromatic heterocycles. The highest BCUT2D eigenvalue weighted by atomic mass is 32.2. The average molecular weight is 323 g/mol. The molecule has 0 saturated heterocycles. The number of esters is 1. The van der Waals surface area contributed by atoms with Crippen molar-refractivity contribution >= 4 is 16.0 Å². The molecule has 0 aliphatic carbocycles. The Balaban J connectivity index is 2.88. The predicted octanol–water partition coefficient (Wildman–Crippen LogP) is 1.20. The molecular weight excluding hydrogens is 308 g/mol. The summed E-state index contributed by atoms with van der Waals surface area (Å²) in [5.41, 5.74) is -0.838. The van der Waals surface area contributed by atoms with E-state index in [0.717, 1.165) is 6.42 Å². The minimum Gasteiger partial charge on any atom is -0.460 e. The monoisotopic (exact) mass is 323 g/mol. The molecule has 21 heavy (non-hydrogen) atoms. The van der Waals surface area contributed by atoms with E-state index in [9.17, 15) is 22.0 Å². The molecule has 0 aliphatic rings. The van der Waals surface area contributed by atoms with Gasteiger partial charge in [-0.15, -0.1) is 0 Å². The Morgan fingerprint density at radius 3 is 2.48 bits per heavy atom. The third-order valence-corrected chi connectivity index (χ3v) is 3.25. The zero-order valence-corrected chi connectivity index (χ0v) is 12.1. The first-order valence-electron chi connectivity index (χ1n) is 6.04. The van der Waals surface area contributed by atoms with Crippen LogP contribution in [-0.2, 0) is 19.5 Å². The van der Waals surface area contributed by atoms with Crippen molar-refractivity contribution < 1.29 is 31.5 Å². The standard InChI is InChI=1S/C12H15F2NO5S/c1-2-3-19-4-5-20-12(16)9-6-8(13)7-10(11(9)14)21(15,17)18/h6-7H,2-5H2,1H3,(H2,15,17,18). The van der Waals surface area contributed by atoms with E-state index in [1.807, 2.05) is 6.92 Å². The second-order valence-corrected chi connectivity index (χ2v) is 5.59.